The molecule has 0 rings (SSSR count). The first-order valence-electron chi connectivity index (χ1n) is 3.72. The Hall–Kier alpha value is -1.97. The predicted octanol–water partition coefficient (Wildman–Crippen LogP) is 2.30. The summed E-state index contributed by atoms with van der Waals surface area (Å²) in [7, 11) is 0. The molecule has 0 aliphatic rings. The molecule has 0 N–H and O–H groups in total. The summed E-state index contributed by atoms with van der Waals surface area (Å²) >= 11 is 0. The Labute approximate surface area is 76.5 Å². The molecule has 0 unspecified atom stereocenters. The molecule has 0 fully saturated rings. The van der Waals surface area contributed by atoms with E-state index in [1.165, 1.54) is 6.08 Å². The van der Waals surface area contributed by atoms with Crippen molar-refractivity contribution >= 4 is 0 Å². The summed E-state index contributed by atoms with van der Waals surface area (Å²) in [5.41, 5.74) is 6.86. The second kappa shape index (κ2) is 5.65. The second-order valence-corrected chi connectivity index (χ2v) is 2.40. The SMILES string of the molecule is CC=CC(C#N)(C#N)CCN=[N+]=[N-]. The van der Waals surface area contributed by atoms with Crippen LogP contribution in [0.2, 0.25) is 0 Å². The highest BCUT2D eigenvalue weighted by molar-refractivity contribution is 5.23. The Kier molecular flexibility index (Phi) is 4.79. The van der Waals surface area contributed by atoms with Gasteiger partial charge in [0, 0.05) is 11.5 Å². The van der Waals surface area contributed by atoms with Gasteiger partial charge in [-0.2, -0.15) is 10.5 Å². The molecule has 13 heavy (non-hydrogen) atoms. The highest BCUT2D eigenvalue weighted by Gasteiger charge is 2.25. The minimum absolute atomic E-state index is 0.155. The van der Waals surface area contributed by atoms with Gasteiger partial charge in [0.1, 0.15) is 0 Å². The Bertz CT molecular complexity index is 296. The normalized spacial score (nSPS) is 10.1. The lowest BCUT2D eigenvalue weighted by atomic mass is 9.87. The van der Waals surface area contributed by atoms with E-state index in [4.69, 9.17) is 16.1 Å². The molecule has 5 nitrogen and oxygen atoms in total. The van der Waals surface area contributed by atoms with Crippen molar-refractivity contribution in [2.24, 2.45) is 10.5 Å². The average molecular weight is 175 g/mol. The van der Waals surface area contributed by atoms with E-state index in [1.54, 1.807) is 13.0 Å². The van der Waals surface area contributed by atoms with Crippen molar-refractivity contribution < 1.29 is 0 Å². The van der Waals surface area contributed by atoms with Gasteiger partial charge in [-0.25, -0.2) is 0 Å². The number of hydrogen-bond acceptors (Lipinski definition) is 3. The maximum atomic E-state index is 8.75. The fourth-order valence-electron chi connectivity index (χ4n) is 0.850. The lowest BCUT2D eigenvalue weighted by Gasteiger charge is -2.10. The Morgan fingerprint density at radius 3 is 2.54 bits per heavy atom. The first-order chi connectivity index (χ1) is 6.24. The van der Waals surface area contributed by atoms with Crippen molar-refractivity contribution in [3.8, 4) is 12.1 Å². The molecule has 5 heteroatoms. The third-order valence-electron chi connectivity index (χ3n) is 1.52. The predicted molar refractivity (Wildman–Crippen MR) is 47.1 cm³/mol. The van der Waals surface area contributed by atoms with Gasteiger partial charge in [-0.3, -0.25) is 0 Å². The fraction of sp³-hybridized carbons (Fsp3) is 0.500. The summed E-state index contributed by atoms with van der Waals surface area (Å²) in [5.74, 6) is 0. The van der Waals surface area contributed by atoms with Crippen LogP contribution in [-0.2, 0) is 0 Å². The third-order valence-corrected chi connectivity index (χ3v) is 1.52. The van der Waals surface area contributed by atoms with Crippen LogP contribution in [0.5, 0.6) is 0 Å². The summed E-state index contributed by atoms with van der Waals surface area (Å²) in [4.78, 5) is 2.55. The fourth-order valence-corrected chi connectivity index (χ4v) is 0.850. The van der Waals surface area contributed by atoms with Crippen LogP contribution in [0, 0.1) is 28.1 Å². The molecular formula is C8H9N5. The molecule has 0 aliphatic heterocycles. The molecule has 0 aromatic heterocycles. The van der Waals surface area contributed by atoms with Gasteiger partial charge in [0.25, 0.3) is 0 Å². The van der Waals surface area contributed by atoms with E-state index in [1.807, 2.05) is 12.1 Å². The molecular weight excluding hydrogens is 166 g/mol. The van der Waals surface area contributed by atoms with Gasteiger partial charge >= 0.3 is 0 Å². The van der Waals surface area contributed by atoms with Crippen LogP contribution < -0.4 is 0 Å². The number of rotatable bonds is 4. The number of azide groups is 1. The molecule has 0 saturated heterocycles. The van der Waals surface area contributed by atoms with Gasteiger partial charge in [-0.1, -0.05) is 17.3 Å². The van der Waals surface area contributed by atoms with Crippen molar-refractivity contribution in [3.63, 3.8) is 0 Å². The molecule has 0 aromatic rings. The van der Waals surface area contributed by atoms with Crippen LogP contribution >= 0.6 is 0 Å². The van der Waals surface area contributed by atoms with Gasteiger partial charge in [0.2, 0.25) is 0 Å². The molecule has 0 atom stereocenters. The molecule has 0 bridgehead atoms. The molecule has 0 saturated carbocycles. The molecule has 0 spiro atoms. The molecule has 0 aliphatic carbocycles. The lowest BCUT2D eigenvalue weighted by molar-refractivity contribution is 0.600. The number of nitriles is 2. The first-order valence-corrected chi connectivity index (χ1v) is 3.72. The van der Waals surface area contributed by atoms with E-state index >= 15 is 0 Å². The number of hydrogen-bond donors (Lipinski definition) is 0. The quantitative estimate of drug-likeness (QED) is 0.283. The van der Waals surface area contributed by atoms with Gasteiger partial charge in [0.05, 0.1) is 12.1 Å². The summed E-state index contributed by atoms with van der Waals surface area (Å²) < 4.78 is 0. The number of allylic oxidation sites excluding steroid dienone is 2. The van der Waals surface area contributed by atoms with E-state index < -0.39 is 5.41 Å². The topological polar surface area (TPSA) is 96.3 Å². The van der Waals surface area contributed by atoms with Crippen molar-refractivity contribution in [1.29, 1.82) is 10.5 Å². The maximum absolute atomic E-state index is 8.75. The minimum Gasteiger partial charge on any atom is -0.196 e. The molecule has 66 valence electrons. The van der Waals surface area contributed by atoms with E-state index in [-0.39, 0.29) is 13.0 Å². The van der Waals surface area contributed by atoms with Gasteiger partial charge in [-0.05, 0) is 18.9 Å². The molecule has 0 aromatic carbocycles. The number of nitrogens with zero attached hydrogens (tertiary/aromatic N) is 5. The van der Waals surface area contributed by atoms with Gasteiger partial charge in [-0.15, -0.1) is 0 Å². The summed E-state index contributed by atoms with van der Waals surface area (Å²) in [6.07, 6.45) is 3.39. The van der Waals surface area contributed by atoms with Crippen molar-refractivity contribution in [1.82, 2.24) is 0 Å². The Morgan fingerprint density at radius 2 is 2.15 bits per heavy atom. The molecule has 0 heterocycles. The maximum Gasteiger partial charge on any atom is 0.161 e. The van der Waals surface area contributed by atoms with Crippen molar-refractivity contribution in [2.75, 3.05) is 6.54 Å². The standard InChI is InChI=1S/C8H9N5/c1-2-3-8(6-9,7-10)4-5-12-13-11/h2-3H,4-5H2,1H3. The zero-order chi connectivity index (χ0) is 10.2. The van der Waals surface area contributed by atoms with E-state index in [0.29, 0.717) is 0 Å². The van der Waals surface area contributed by atoms with Crippen LogP contribution in [0.3, 0.4) is 0 Å². The Morgan fingerprint density at radius 1 is 1.54 bits per heavy atom. The highest BCUT2D eigenvalue weighted by Crippen LogP contribution is 2.21. The average Bonchev–Trinajstić information content (AvgIpc) is 2.17. The largest absolute Gasteiger partial charge is 0.196 e. The lowest BCUT2D eigenvalue weighted by Crippen LogP contribution is -2.13. The van der Waals surface area contributed by atoms with Crippen LogP contribution in [-0.4, -0.2) is 6.54 Å². The van der Waals surface area contributed by atoms with Crippen molar-refractivity contribution in [3.05, 3.63) is 22.6 Å². The zero-order valence-electron chi connectivity index (χ0n) is 7.30. The highest BCUT2D eigenvalue weighted by atomic mass is 15.1. The summed E-state index contributed by atoms with van der Waals surface area (Å²) in [5, 5.41) is 20.8. The minimum atomic E-state index is -1.15. The monoisotopic (exact) mass is 175 g/mol. The smallest absolute Gasteiger partial charge is 0.161 e. The van der Waals surface area contributed by atoms with Crippen LogP contribution in [0.15, 0.2) is 17.3 Å². The zero-order valence-corrected chi connectivity index (χ0v) is 7.30. The van der Waals surface area contributed by atoms with Crippen LogP contribution in [0.4, 0.5) is 0 Å². The van der Waals surface area contributed by atoms with Crippen molar-refractivity contribution in [2.45, 2.75) is 13.3 Å². The summed E-state index contributed by atoms with van der Waals surface area (Å²) in [6, 6.07) is 3.79. The second-order valence-electron chi connectivity index (χ2n) is 2.40. The molecule has 0 amide bonds. The van der Waals surface area contributed by atoms with E-state index in [0.717, 1.165) is 0 Å². The van der Waals surface area contributed by atoms with Crippen LogP contribution in [0.25, 0.3) is 10.4 Å². The van der Waals surface area contributed by atoms with E-state index in [2.05, 4.69) is 10.0 Å². The Balaban J connectivity index is 4.53. The van der Waals surface area contributed by atoms with Gasteiger partial charge in [0.15, 0.2) is 5.41 Å². The summed E-state index contributed by atoms with van der Waals surface area (Å²) in [6.45, 7) is 1.89. The van der Waals surface area contributed by atoms with Gasteiger partial charge < -0.3 is 0 Å². The first kappa shape index (κ1) is 11.0. The molecule has 0 radical (unpaired) electrons. The van der Waals surface area contributed by atoms with Crippen LogP contribution in [0.1, 0.15) is 13.3 Å². The third kappa shape index (κ3) is 3.29. The van der Waals surface area contributed by atoms with E-state index in [9.17, 15) is 0 Å².